The average Bonchev–Trinajstić information content (AvgIpc) is 2.99. The Morgan fingerprint density at radius 2 is 2.18 bits per heavy atom. The van der Waals surface area contributed by atoms with Gasteiger partial charge in [-0.25, -0.2) is 4.79 Å². The van der Waals surface area contributed by atoms with Gasteiger partial charge in [-0.1, -0.05) is 11.3 Å². The molecule has 22 heavy (non-hydrogen) atoms. The van der Waals surface area contributed by atoms with Crippen LogP contribution in [0.25, 0.3) is 10.8 Å². The predicted molar refractivity (Wildman–Crippen MR) is 77.0 cm³/mol. The van der Waals surface area contributed by atoms with Crippen molar-refractivity contribution in [3.8, 4) is 0 Å². The number of anilines is 1. The Morgan fingerprint density at radius 3 is 2.86 bits per heavy atom. The maximum absolute atomic E-state index is 12.0. The minimum atomic E-state index is -0.830. The molecular weight excluding hydrogens is 312 g/mol. The summed E-state index contributed by atoms with van der Waals surface area (Å²) >= 11 is 1.11. The number of nitro benzene ring substituents is 1. The van der Waals surface area contributed by atoms with E-state index in [4.69, 9.17) is 4.42 Å². The van der Waals surface area contributed by atoms with Gasteiger partial charge in [0, 0.05) is 12.1 Å². The highest BCUT2D eigenvalue weighted by atomic mass is 32.1. The lowest BCUT2D eigenvalue weighted by atomic mass is 10.1. The van der Waals surface area contributed by atoms with Crippen LogP contribution in [0.1, 0.15) is 10.6 Å². The maximum atomic E-state index is 12.0. The van der Waals surface area contributed by atoms with E-state index in [-0.39, 0.29) is 22.0 Å². The van der Waals surface area contributed by atoms with Crippen molar-refractivity contribution >= 4 is 38.8 Å². The molecule has 0 aliphatic carbocycles. The van der Waals surface area contributed by atoms with Crippen LogP contribution in [-0.4, -0.2) is 21.0 Å². The monoisotopic (exact) mass is 318 g/mol. The van der Waals surface area contributed by atoms with Gasteiger partial charge in [-0.2, -0.15) is 0 Å². The second-order valence-corrected chi connectivity index (χ2v) is 4.96. The van der Waals surface area contributed by atoms with E-state index >= 15 is 0 Å². The Bertz CT molecular complexity index is 934. The fourth-order valence-electron chi connectivity index (χ4n) is 1.78. The zero-order chi connectivity index (χ0) is 15.7. The first-order valence-corrected chi connectivity index (χ1v) is 6.72. The molecule has 0 saturated carbocycles. The summed E-state index contributed by atoms with van der Waals surface area (Å²) in [4.78, 5) is 33.9. The zero-order valence-corrected chi connectivity index (χ0v) is 11.5. The SMILES string of the molecule is O=C(Nc1nncs1)c1cc2ccc([N+](=O)[O-])cc2c(=O)o1. The molecule has 3 rings (SSSR count). The molecule has 0 radical (unpaired) electrons. The topological polar surface area (TPSA) is 128 Å². The lowest BCUT2D eigenvalue weighted by Crippen LogP contribution is -2.15. The first kappa shape index (κ1) is 13.8. The maximum Gasteiger partial charge on any atom is 0.344 e. The van der Waals surface area contributed by atoms with Gasteiger partial charge in [0.1, 0.15) is 5.51 Å². The number of fused-ring (bicyclic) bond motifs is 1. The van der Waals surface area contributed by atoms with Crippen molar-refractivity contribution in [1.29, 1.82) is 0 Å². The van der Waals surface area contributed by atoms with Gasteiger partial charge in [0.15, 0.2) is 5.76 Å². The Labute approximate surface area is 125 Å². The molecule has 0 atom stereocenters. The first-order chi connectivity index (χ1) is 10.5. The van der Waals surface area contributed by atoms with E-state index < -0.39 is 16.5 Å². The molecule has 1 amide bonds. The van der Waals surface area contributed by atoms with Crippen LogP contribution >= 0.6 is 11.3 Å². The summed E-state index contributed by atoms with van der Waals surface area (Å²) < 4.78 is 4.90. The molecule has 3 aromatic rings. The van der Waals surface area contributed by atoms with Gasteiger partial charge in [-0.05, 0) is 17.5 Å². The molecule has 110 valence electrons. The smallest absolute Gasteiger partial charge is 0.344 e. The van der Waals surface area contributed by atoms with Gasteiger partial charge < -0.3 is 4.42 Å². The number of nitrogens with zero attached hydrogens (tertiary/aromatic N) is 3. The largest absolute Gasteiger partial charge is 0.417 e. The van der Waals surface area contributed by atoms with Crippen molar-refractivity contribution in [3.63, 3.8) is 0 Å². The van der Waals surface area contributed by atoms with Crippen molar-refractivity contribution in [2.24, 2.45) is 0 Å². The number of hydrogen-bond acceptors (Lipinski definition) is 8. The van der Waals surface area contributed by atoms with Crippen LogP contribution in [0.4, 0.5) is 10.8 Å². The van der Waals surface area contributed by atoms with E-state index in [1.807, 2.05) is 0 Å². The average molecular weight is 318 g/mol. The molecule has 2 aromatic heterocycles. The van der Waals surface area contributed by atoms with E-state index in [1.54, 1.807) is 0 Å². The van der Waals surface area contributed by atoms with E-state index in [1.165, 1.54) is 23.7 Å². The van der Waals surface area contributed by atoms with Crippen molar-refractivity contribution in [3.05, 3.63) is 56.1 Å². The van der Waals surface area contributed by atoms with E-state index in [0.717, 1.165) is 17.4 Å². The standard InChI is InChI=1S/C12H6N4O5S/c17-10(14-12-15-13-5-22-12)9-3-6-1-2-7(16(19)20)4-8(6)11(18)21-9/h1-5H,(H,14,15,17). The quantitative estimate of drug-likeness (QED) is 0.576. The number of carbonyl (C=O) groups excluding carboxylic acids is 1. The number of nitrogens with one attached hydrogen (secondary N) is 1. The normalized spacial score (nSPS) is 10.5. The molecule has 0 fully saturated rings. The van der Waals surface area contributed by atoms with Gasteiger partial charge >= 0.3 is 5.63 Å². The van der Waals surface area contributed by atoms with Gasteiger partial charge in [-0.3, -0.25) is 20.2 Å². The summed E-state index contributed by atoms with van der Waals surface area (Å²) in [7, 11) is 0. The molecule has 0 bridgehead atoms. The van der Waals surface area contributed by atoms with Crippen LogP contribution < -0.4 is 10.9 Å². The zero-order valence-electron chi connectivity index (χ0n) is 10.7. The third-order valence-electron chi connectivity index (χ3n) is 2.76. The molecule has 0 saturated heterocycles. The van der Waals surface area contributed by atoms with E-state index in [9.17, 15) is 19.7 Å². The number of amides is 1. The van der Waals surface area contributed by atoms with Gasteiger partial charge in [0.05, 0.1) is 10.3 Å². The minimum absolute atomic E-state index is 0.0293. The molecule has 10 heteroatoms. The lowest BCUT2D eigenvalue weighted by Gasteiger charge is -2.02. The van der Waals surface area contributed by atoms with Gasteiger partial charge in [0.25, 0.3) is 11.6 Å². The van der Waals surface area contributed by atoms with Crippen LogP contribution in [-0.2, 0) is 0 Å². The summed E-state index contributed by atoms with van der Waals surface area (Å²) in [5.41, 5.74) is 0.375. The fourth-order valence-corrected chi connectivity index (χ4v) is 2.22. The first-order valence-electron chi connectivity index (χ1n) is 5.84. The summed E-state index contributed by atoms with van der Waals surface area (Å²) in [6.45, 7) is 0. The summed E-state index contributed by atoms with van der Waals surface area (Å²) in [6.07, 6.45) is 0. The highest BCUT2D eigenvalue weighted by molar-refractivity contribution is 7.13. The number of hydrogen-bond donors (Lipinski definition) is 1. The Kier molecular flexibility index (Phi) is 3.35. The Hall–Kier alpha value is -3.14. The fraction of sp³-hybridized carbons (Fsp3) is 0. The summed E-state index contributed by atoms with van der Waals surface area (Å²) in [6, 6.07) is 5.06. The molecule has 1 N–H and O–H groups in total. The molecule has 0 unspecified atom stereocenters. The number of non-ortho nitro benzene ring substituents is 1. The molecule has 2 heterocycles. The number of aromatic nitrogens is 2. The van der Waals surface area contributed by atoms with Crippen LogP contribution in [0.5, 0.6) is 0 Å². The molecule has 0 spiro atoms. The third-order valence-corrected chi connectivity index (χ3v) is 3.37. The molecule has 0 aliphatic rings. The highest BCUT2D eigenvalue weighted by Crippen LogP contribution is 2.20. The molecular formula is C12H6N4O5S. The Morgan fingerprint density at radius 1 is 1.36 bits per heavy atom. The van der Waals surface area contributed by atoms with Gasteiger partial charge in [0.2, 0.25) is 5.13 Å². The van der Waals surface area contributed by atoms with Crippen molar-refractivity contribution in [2.45, 2.75) is 0 Å². The van der Waals surface area contributed by atoms with Crippen LogP contribution in [0, 0.1) is 10.1 Å². The minimum Gasteiger partial charge on any atom is -0.417 e. The summed E-state index contributed by atoms with van der Waals surface area (Å²) in [5.74, 6) is -0.879. The van der Waals surface area contributed by atoms with E-state index in [0.29, 0.717) is 5.39 Å². The van der Waals surface area contributed by atoms with Gasteiger partial charge in [-0.15, -0.1) is 10.2 Å². The van der Waals surface area contributed by atoms with Crippen LogP contribution in [0.15, 0.2) is 39.0 Å². The Balaban J connectivity index is 2.02. The van der Waals surface area contributed by atoms with Crippen molar-refractivity contribution in [1.82, 2.24) is 10.2 Å². The van der Waals surface area contributed by atoms with E-state index in [2.05, 4.69) is 15.5 Å². The highest BCUT2D eigenvalue weighted by Gasteiger charge is 2.15. The molecule has 9 nitrogen and oxygen atoms in total. The number of benzene rings is 1. The molecule has 1 aromatic carbocycles. The van der Waals surface area contributed by atoms with Crippen LogP contribution in [0.2, 0.25) is 0 Å². The summed E-state index contributed by atoms with van der Waals surface area (Å²) in [5, 5.41) is 21.0. The van der Waals surface area contributed by atoms with Crippen molar-refractivity contribution < 1.29 is 14.1 Å². The third kappa shape index (κ3) is 2.54. The second kappa shape index (κ2) is 5.33. The number of rotatable bonds is 3. The second-order valence-electron chi connectivity index (χ2n) is 4.12. The predicted octanol–water partition coefficient (Wildman–Crippen LogP) is 1.80. The van der Waals surface area contributed by atoms with Crippen molar-refractivity contribution in [2.75, 3.05) is 5.32 Å². The number of nitro groups is 1. The molecule has 0 aliphatic heterocycles. The number of carbonyl (C=O) groups is 1. The van der Waals surface area contributed by atoms with Crippen LogP contribution in [0.3, 0.4) is 0 Å². The lowest BCUT2D eigenvalue weighted by molar-refractivity contribution is -0.384.